The summed E-state index contributed by atoms with van der Waals surface area (Å²) in [7, 11) is 0. The number of amides is 1. The molecule has 1 aliphatic rings. The SMILES string of the molecule is Nc1cccc(CCC(=O)NCC2(CO)CCCCC2)c1. The molecule has 0 radical (unpaired) electrons. The van der Waals surface area contributed by atoms with E-state index in [0.717, 1.165) is 36.9 Å². The third-order valence-electron chi connectivity index (χ3n) is 4.50. The molecule has 1 amide bonds. The zero-order valence-electron chi connectivity index (χ0n) is 12.6. The van der Waals surface area contributed by atoms with E-state index in [2.05, 4.69) is 5.32 Å². The van der Waals surface area contributed by atoms with Crippen molar-refractivity contribution in [2.24, 2.45) is 5.41 Å². The molecular formula is C17H26N2O2. The van der Waals surface area contributed by atoms with Gasteiger partial charge in [0.05, 0.1) is 6.61 Å². The number of hydrogen-bond donors (Lipinski definition) is 3. The summed E-state index contributed by atoms with van der Waals surface area (Å²) in [6, 6.07) is 7.65. The average molecular weight is 290 g/mol. The Bertz CT molecular complexity index is 468. The van der Waals surface area contributed by atoms with Crippen LogP contribution in [-0.4, -0.2) is 24.2 Å². The fraction of sp³-hybridized carbons (Fsp3) is 0.588. The van der Waals surface area contributed by atoms with Gasteiger partial charge in [-0.3, -0.25) is 4.79 Å². The second-order valence-electron chi connectivity index (χ2n) is 6.24. The van der Waals surface area contributed by atoms with Gasteiger partial charge >= 0.3 is 0 Å². The predicted octanol–water partition coefficient (Wildman–Crippen LogP) is 2.26. The molecule has 0 bridgehead atoms. The van der Waals surface area contributed by atoms with E-state index in [1.54, 1.807) is 0 Å². The smallest absolute Gasteiger partial charge is 0.220 e. The Labute approximate surface area is 126 Å². The fourth-order valence-corrected chi connectivity index (χ4v) is 3.07. The van der Waals surface area contributed by atoms with Crippen molar-refractivity contribution >= 4 is 11.6 Å². The number of aliphatic hydroxyl groups is 1. The van der Waals surface area contributed by atoms with Crippen LogP contribution in [0.3, 0.4) is 0 Å². The highest BCUT2D eigenvalue weighted by atomic mass is 16.3. The summed E-state index contributed by atoms with van der Waals surface area (Å²) in [5, 5.41) is 12.6. The van der Waals surface area contributed by atoms with Crippen molar-refractivity contribution in [2.45, 2.75) is 44.9 Å². The zero-order chi connectivity index (χ0) is 15.1. The largest absolute Gasteiger partial charge is 0.399 e. The minimum absolute atomic E-state index is 0.0517. The molecule has 0 heterocycles. The molecule has 4 nitrogen and oxygen atoms in total. The molecule has 116 valence electrons. The highest BCUT2D eigenvalue weighted by molar-refractivity contribution is 5.76. The molecule has 1 fully saturated rings. The molecule has 4 N–H and O–H groups in total. The lowest BCUT2D eigenvalue weighted by molar-refractivity contribution is -0.121. The molecule has 0 aromatic heterocycles. The number of hydrogen-bond acceptors (Lipinski definition) is 3. The molecule has 1 saturated carbocycles. The van der Waals surface area contributed by atoms with Crippen LogP contribution >= 0.6 is 0 Å². The van der Waals surface area contributed by atoms with Gasteiger partial charge in [-0.05, 0) is 37.0 Å². The van der Waals surface area contributed by atoms with Crippen LogP contribution in [0.5, 0.6) is 0 Å². The van der Waals surface area contributed by atoms with Crippen LogP contribution in [0, 0.1) is 5.41 Å². The summed E-state index contributed by atoms with van der Waals surface area (Å²) >= 11 is 0. The van der Waals surface area contributed by atoms with E-state index in [0.29, 0.717) is 19.4 Å². The van der Waals surface area contributed by atoms with Gasteiger partial charge in [-0.15, -0.1) is 0 Å². The van der Waals surface area contributed by atoms with E-state index < -0.39 is 0 Å². The van der Waals surface area contributed by atoms with Gasteiger partial charge in [-0.25, -0.2) is 0 Å². The lowest BCUT2D eigenvalue weighted by Gasteiger charge is -2.35. The van der Waals surface area contributed by atoms with E-state index in [9.17, 15) is 9.90 Å². The van der Waals surface area contributed by atoms with E-state index in [1.165, 1.54) is 6.42 Å². The van der Waals surface area contributed by atoms with Crippen molar-refractivity contribution in [3.8, 4) is 0 Å². The second kappa shape index (κ2) is 7.46. The first-order chi connectivity index (χ1) is 10.1. The summed E-state index contributed by atoms with van der Waals surface area (Å²) in [4.78, 5) is 12.0. The Morgan fingerprint density at radius 3 is 2.71 bits per heavy atom. The van der Waals surface area contributed by atoms with Crippen LogP contribution in [0.1, 0.15) is 44.1 Å². The van der Waals surface area contributed by atoms with Crippen molar-refractivity contribution in [1.82, 2.24) is 5.32 Å². The van der Waals surface area contributed by atoms with Crippen LogP contribution in [-0.2, 0) is 11.2 Å². The minimum Gasteiger partial charge on any atom is -0.399 e. The number of nitrogens with one attached hydrogen (secondary N) is 1. The van der Waals surface area contributed by atoms with Gasteiger partial charge in [0, 0.05) is 24.1 Å². The molecule has 0 saturated heterocycles. The van der Waals surface area contributed by atoms with Crippen molar-refractivity contribution < 1.29 is 9.90 Å². The highest BCUT2D eigenvalue weighted by Gasteiger charge is 2.31. The van der Waals surface area contributed by atoms with Gasteiger partial charge in [0.2, 0.25) is 5.91 Å². The van der Waals surface area contributed by atoms with Crippen LogP contribution < -0.4 is 11.1 Å². The number of rotatable bonds is 6. The van der Waals surface area contributed by atoms with E-state index in [4.69, 9.17) is 5.73 Å². The number of nitrogen functional groups attached to an aromatic ring is 1. The number of benzene rings is 1. The number of aliphatic hydroxyl groups excluding tert-OH is 1. The first kappa shape index (κ1) is 15.8. The molecular weight excluding hydrogens is 264 g/mol. The molecule has 2 rings (SSSR count). The van der Waals surface area contributed by atoms with Gasteiger partial charge in [0.25, 0.3) is 0 Å². The van der Waals surface area contributed by atoms with Crippen LogP contribution in [0.2, 0.25) is 0 Å². The molecule has 1 aliphatic carbocycles. The summed E-state index contributed by atoms with van der Waals surface area (Å²) in [5.41, 5.74) is 7.45. The maximum atomic E-state index is 12.0. The Kier molecular flexibility index (Phi) is 5.62. The molecule has 1 aromatic rings. The Balaban J connectivity index is 1.76. The molecule has 1 aromatic carbocycles. The number of anilines is 1. The molecule has 0 aliphatic heterocycles. The number of aryl methyl sites for hydroxylation is 1. The third-order valence-corrected chi connectivity index (χ3v) is 4.50. The van der Waals surface area contributed by atoms with Crippen molar-refractivity contribution in [2.75, 3.05) is 18.9 Å². The lowest BCUT2D eigenvalue weighted by Crippen LogP contribution is -2.41. The van der Waals surface area contributed by atoms with Gasteiger partial charge in [-0.1, -0.05) is 31.4 Å². The van der Waals surface area contributed by atoms with Gasteiger partial charge in [0.15, 0.2) is 0 Å². The van der Waals surface area contributed by atoms with Crippen LogP contribution in [0.15, 0.2) is 24.3 Å². The highest BCUT2D eigenvalue weighted by Crippen LogP contribution is 2.35. The van der Waals surface area contributed by atoms with E-state index >= 15 is 0 Å². The van der Waals surface area contributed by atoms with Gasteiger partial charge in [-0.2, -0.15) is 0 Å². The molecule has 0 spiro atoms. The topological polar surface area (TPSA) is 75.4 Å². The van der Waals surface area contributed by atoms with Crippen LogP contribution in [0.25, 0.3) is 0 Å². The quantitative estimate of drug-likeness (QED) is 0.703. The standard InChI is InChI=1S/C17H26N2O2/c18-15-6-4-5-14(11-15)7-8-16(21)19-12-17(13-20)9-2-1-3-10-17/h4-6,11,20H,1-3,7-10,12-13,18H2,(H,19,21). The average Bonchev–Trinajstić information content (AvgIpc) is 2.52. The maximum Gasteiger partial charge on any atom is 0.220 e. The Morgan fingerprint density at radius 2 is 2.05 bits per heavy atom. The first-order valence-corrected chi connectivity index (χ1v) is 7.86. The minimum atomic E-state index is -0.0922. The number of carbonyl (C=O) groups is 1. The molecule has 21 heavy (non-hydrogen) atoms. The summed E-state index contributed by atoms with van der Waals surface area (Å²) < 4.78 is 0. The van der Waals surface area contributed by atoms with Gasteiger partial charge in [0.1, 0.15) is 0 Å². The second-order valence-corrected chi connectivity index (χ2v) is 6.24. The zero-order valence-corrected chi connectivity index (χ0v) is 12.6. The monoisotopic (exact) mass is 290 g/mol. The lowest BCUT2D eigenvalue weighted by atomic mass is 9.74. The normalized spacial score (nSPS) is 17.4. The van der Waals surface area contributed by atoms with Crippen molar-refractivity contribution in [1.29, 1.82) is 0 Å². The van der Waals surface area contributed by atoms with Gasteiger partial charge < -0.3 is 16.2 Å². The Morgan fingerprint density at radius 1 is 1.29 bits per heavy atom. The first-order valence-electron chi connectivity index (χ1n) is 7.86. The van der Waals surface area contributed by atoms with Crippen LogP contribution in [0.4, 0.5) is 5.69 Å². The number of carbonyl (C=O) groups excluding carboxylic acids is 1. The molecule has 0 atom stereocenters. The maximum absolute atomic E-state index is 12.0. The molecule has 0 unspecified atom stereocenters. The van der Waals surface area contributed by atoms with Crippen molar-refractivity contribution in [3.05, 3.63) is 29.8 Å². The number of nitrogens with two attached hydrogens (primary N) is 1. The molecule has 4 heteroatoms. The summed E-state index contributed by atoms with van der Waals surface area (Å²) in [6.07, 6.45) is 6.73. The van der Waals surface area contributed by atoms with Crippen molar-refractivity contribution in [3.63, 3.8) is 0 Å². The van der Waals surface area contributed by atoms with E-state index in [1.807, 2.05) is 24.3 Å². The van der Waals surface area contributed by atoms with E-state index in [-0.39, 0.29) is 17.9 Å². The fourth-order valence-electron chi connectivity index (χ4n) is 3.07. The third kappa shape index (κ3) is 4.74. The summed E-state index contributed by atoms with van der Waals surface area (Å²) in [6.45, 7) is 0.766. The Hall–Kier alpha value is -1.55. The predicted molar refractivity (Wildman–Crippen MR) is 84.8 cm³/mol. The summed E-state index contributed by atoms with van der Waals surface area (Å²) in [5.74, 6) is 0.0517.